The first-order valence-corrected chi connectivity index (χ1v) is 15.5. The summed E-state index contributed by atoms with van der Waals surface area (Å²) in [4.78, 5) is 3.59. The van der Waals surface area contributed by atoms with Crippen LogP contribution in [0.4, 0.5) is 47.3 Å². The Morgan fingerprint density at radius 1 is 0.477 bits per heavy atom. The molecule has 226 valence electrons. The predicted octanol–water partition coefficient (Wildman–Crippen LogP) is 12.3. The van der Waals surface area contributed by atoms with Crippen LogP contribution in [-0.4, -0.2) is 0 Å². The van der Waals surface area contributed by atoms with Crippen molar-refractivity contribution in [2.24, 2.45) is 0 Å². The Balaban J connectivity index is 1.63. The Labute approximate surface area is 259 Å². The van der Waals surface area contributed by atoms with Crippen LogP contribution in [0.15, 0.2) is 127 Å². The number of rotatable bonds is 12. The van der Waals surface area contributed by atoms with Gasteiger partial charge in [0.15, 0.2) is 0 Å². The van der Waals surface area contributed by atoms with E-state index in [2.05, 4.69) is 26.0 Å². The van der Waals surface area contributed by atoms with Gasteiger partial charge in [0.25, 0.3) is 0 Å². The van der Waals surface area contributed by atoms with Crippen LogP contribution in [0.2, 0.25) is 0 Å². The molecule has 5 heteroatoms. The summed E-state index contributed by atoms with van der Waals surface area (Å²) in [6, 6.07) is 39.5. The Bertz CT molecular complexity index is 1600. The molecule has 0 aliphatic carbocycles. The van der Waals surface area contributed by atoms with Gasteiger partial charge in [-0.1, -0.05) is 87.4 Å². The molecule has 5 aromatic rings. The van der Waals surface area contributed by atoms with E-state index in [0.717, 1.165) is 49.9 Å². The normalized spacial score (nSPS) is 11.4. The van der Waals surface area contributed by atoms with Gasteiger partial charge in [-0.3, -0.25) is 0 Å². The monoisotopic (exact) mass is 592 g/mol. The number of halogens is 3. The van der Waals surface area contributed by atoms with Gasteiger partial charge >= 0.3 is 6.18 Å². The third-order valence-corrected chi connectivity index (χ3v) is 7.84. The first-order chi connectivity index (χ1) is 21.4. The number of para-hydroxylation sites is 2. The Hall–Kier alpha value is -4.51. The van der Waals surface area contributed by atoms with Crippen molar-refractivity contribution in [2.45, 2.75) is 58.5 Å². The van der Waals surface area contributed by atoms with Crippen molar-refractivity contribution in [2.75, 3.05) is 9.80 Å². The topological polar surface area (TPSA) is 6.48 Å². The molecule has 5 aromatic carbocycles. The van der Waals surface area contributed by atoms with Crippen molar-refractivity contribution in [1.29, 1.82) is 0 Å². The summed E-state index contributed by atoms with van der Waals surface area (Å²) in [6.45, 7) is 4.31. The smallest absolute Gasteiger partial charge is 0.310 e. The molecule has 0 heterocycles. The first-order valence-electron chi connectivity index (χ1n) is 15.5. The maximum atomic E-state index is 15.0. The largest absolute Gasteiger partial charge is 0.418 e. The van der Waals surface area contributed by atoms with Gasteiger partial charge in [-0.15, -0.1) is 0 Å². The van der Waals surface area contributed by atoms with Gasteiger partial charge < -0.3 is 9.80 Å². The molecule has 44 heavy (non-hydrogen) atoms. The molecule has 0 atom stereocenters. The summed E-state index contributed by atoms with van der Waals surface area (Å²) >= 11 is 0. The van der Waals surface area contributed by atoms with E-state index in [9.17, 15) is 0 Å². The summed E-state index contributed by atoms with van der Waals surface area (Å²) in [5.41, 5.74) is 5.15. The molecule has 0 amide bonds. The van der Waals surface area contributed by atoms with Gasteiger partial charge in [0.2, 0.25) is 0 Å². The molecular formula is C39H39F3N2. The summed E-state index contributed by atoms with van der Waals surface area (Å²) in [5, 5.41) is 0. The highest BCUT2D eigenvalue weighted by molar-refractivity contribution is 5.83. The second kappa shape index (κ2) is 14.3. The van der Waals surface area contributed by atoms with Crippen LogP contribution in [0.25, 0.3) is 0 Å². The van der Waals surface area contributed by atoms with Crippen molar-refractivity contribution in [3.63, 3.8) is 0 Å². The average Bonchev–Trinajstić information content (AvgIpc) is 3.05. The van der Waals surface area contributed by atoms with Crippen LogP contribution in [0, 0.1) is 0 Å². The fourth-order valence-corrected chi connectivity index (χ4v) is 5.50. The van der Waals surface area contributed by atoms with Gasteiger partial charge in [0, 0.05) is 28.4 Å². The zero-order chi connectivity index (χ0) is 30.9. The zero-order valence-electron chi connectivity index (χ0n) is 25.4. The molecule has 0 spiro atoms. The number of nitrogens with zero attached hydrogens (tertiary/aromatic N) is 2. The van der Waals surface area contributed by atoms with Crippen molar-refractivity contribution in [1.82, 2.24) is 0 Å². The first kappa shape index (κ1) is 30.9. The number of hydrogen-bond acceptors (Lipinski definition) is 2. The molecule has 0 unspecified atom stereocenters. The van der Waals surface area contributed by atoms with Crippen LogP contribution >= 0.6 is 0 Å². The standard InChI is InChI=1S/C39H39F3N2/c1-3-5-13-30-19-23-34(24-20-30)43(32-15-9-7-10-16-32)36-27-28-38(37(29-36)39(40,41)42)44(33-17-11-8-12-18-33)35-25-21-31(22-26-35)14-6-4-2/h7-12,15-29H,3-6,13-14H2,1-2H3. The summed E-state index contributed by atoms with van der Waals surface area (Å²) in [6.07, 6.45) is 1.68. The number of hydrogen-bond donors (Lipinski definition) is 0. The van der Waals surface area contributed by atoms with Crippen LogP contribution in [0.1, 0.15) is 56.2 Å². The summed E-state index contributed by atoms with van der Waals surface area (Å²) in [5.74, 6) is 0. The van der Waals surface area contributed by atoms with Gasteiger partial charge in [-0.25, -0.2) is 0 Å². The molecular weight excluding hydrogens is 553 g/mol. The van der Waals surface area contributed by atoms with Crippen LogP contribution < -0.4 is 9.80 Å². The minimum Gasteiger partial charge on any atom is -0.310 e. The van der Waals surface area contributed by atoms with E-state index in [-0.39, 0.29) is 5.69 Å². The third-order valence-electron chi connectivity index (χ3n) is 7.84. The molecule has 0 bridgehead atoms. The molecule has 0 aliphatic heterocycles. The van der Waals surface area contributed by atoms with E-state index in [1.807, 2.05) is 102 Å². The lowest BCUT2D eigenvalue weighted by Crippen LogP contribution is -2.18. The molecule has 0 N–H and O–H groups in total. The SMILES string of the molecule is CCCCc1ccc(N(c2ccccc2)c2ccc(N(c3ccccc3)c3ccc(CCCC)cc3)c(C(F)(F)F)c2)cc1. The predicted molar refractivity (Wildman–Crippen MR) is 178 cm³/mol. The van der Waals surface area contributed by atoms with E-state index >= 15 is 13.2 Å². The molecule has 0 fully saturated rings. The molecule has 0 saturated carbocycles. The highest BCUT2D eigenvalue weighted by Crippen LogP contribution is 2.46. The van der Waals surface area contributed by atoms with E-state index in [1.54, 1.807) is 17.0 Å². The van der Waals surface area contributed by atoms with Crippen LogP contribution in [-0.2, 0) is 19.0 Å². The fraction of sp³-hybridized carbons (Fsp3) is 0.231. The van der Waals surface area contributed by atoms with Crippen molar-refractivity contribution >= 4 is 34.1 Å². The highest BCUT2D eigenvalue weighted by atomic mass is 19.4. The van der Waals surface area contributed by atoms with Crippen molar-refractivity contribution in [3.8, 4) is 0 Å². The van der Waals surface area contributed by atoms with E-state index < -0.39 is 11.7 Å². The number of anilines is 6. The van der Waals surface area contributed by atoms with Gasteiger partial charge in [-0.05, 0) is 104 Å². The number of alkyl halides is 3. The Morgan fingerprint density at radius 2 is 0.886 bits per heavy atom. The minimum atomic E-state index is -4.59. The molecule has 5 rings (SSSR count). The van der Waals surface area contributed by atoms with Crippen molar-refractivity contribution < 1.29 is 13.2 Å². The molecule has 2 nitrogen and oxygen atoms in total. The lowest BCUT2D eigenvalue weighted by Gasteiger charge is -2.31. The van der Waals surface area contributed by atoms with Crippen LogP contribution in [0.5, 0.6) is 0 Å². The highest BCUT2D eigenvalue weighted by Gasteiger charge is 2.36. The van der Waals surface area contributed by atoms with Gasteiger partial charge in [-0.2, -0.15) is 13.2 Å². The minimum absolute atomic E-state index is 0.0803. The Morgan fingerprint density at radius 3 is 1.34 bits per heavy atom. The molecule has 0 aromatic heterocycles. The molecule has 0 aliphatic rings. The quantitative estimate of drug-likeness (QED) is 0.142. The number of aryl methyl sites for hydroxylation is 2. The second-order valence-corrected chi connectivity index (χ2v) is 11.1. The van der Waals surface area contributed by atoms with Gasteiger partial charge in [0.1, 0.15) is 0 Å². The zero-order valence-corrected chi connectivity index (χ0v) is 25.4. The second-order valence-electron chi connectivity index (χ2n) is 11.1. The maximum Gasteiger partial charge on any atom is 0.418 e. The summed E-state index contributed by atoms with van der Waals surface area (Å²) < 4.78 is 45.1. The van der Waals surface area contributed by atoms with Gasteiger partial charge in [0.05, 0.1) is 11.3 Å². The lowest BCUT2D eigenvalue weighted by atomic mass is 10.0. The van der Waals surface area contributed by atoms with Crippen LogP contribution in [0.3, 0.4) is 0 Å². The average molecular weight is 593 g/mol. The summed E-state index contributed by atoms with van der Waals surface area (Å²) in [7, 11) is 0. The molecule has 0 saturated heterocycles. The molecule has 0 radical (unpaired) electrons. The van der Waals surface area contributed by atoms with E-state index in [1.165, 1.54) is 17.2 Å². The fourth-order valence-electron chi connectivity index (χ4n) is 5.50. The van der Waals surface area contributed by atoms with Crippen molar-refractivity contribution in [3.05, 3.63) is 144 Å². The van der Waals surface area contributed by atoms with E-state index in [4.69, 9.17) is 0 Å². The lowest BCUT2D eigenvalue weighted by molar-refractivity contribution is -0.137. The Kier molecular flexibility index (Phi) is 10.1. The van der Waals surface area contributed by atoms with E-state index in [0.29, 0.717) is 17.1 Å². The maximum absolute atomic E-state index is 15.0. The number of benzene rings is 5. The number of unbranched alkanes of at least 4 members (excludes halogenated alkanes) is 2. The third kappa shape index (κ3) is 7.34.